The maximum absolute atomic E-state index is 14.1. The lowest BCUT2D eigenvalue weighted by Gasteiger charge is -2.43. The van der Waals surface area contributed by atoms with Crippen molar-refractivity contribution in [2.24, 2.45) is 0 Å². The molecule has 8 heteroatoms. The first-order chi connectivity index (χ1) is 16.5. The Hall–Kier alpha value is -3.29. The molecule has 2 N–H and O–H groups in total. The van der Waals surface area contributed by atoms with Gasteiger partial charge in [-0.3, -0.25) is 9.59 Å². The Labute approximate surface area is 199 Å². The molecule has 0 bridgehead atoms. The van der Waals surface area contributed by atoms with Crippen LogP contribution in [0.4, 0.5) is 0 Å². The van der Waals surface area contributed by atoms with Gasteiger partial charge in [0.1, 0.15) is 11.5 Å². The number of carbonyl (C=O) groups is 2. The number of amides is 2. The molecule has 3 heterocycles. The molecule has 1 fully saturated rings. The zero-order valence-corrected chi connectivity index (χ0v) is 20.0. The third kappa shape index (κ3) is 3.85. The first-order valence-corrected chi connectivity index (χ1v) is 12.1. The number of para-hydroxylation sites is 1. The topological polar surface area (TPSA) is 96.7 Å². The number of aryl methyl sites for hydroxylation is 2. The van der Waals surface area contributed by atoms with E-state index in [1.807, 2.05) is 43.0 Å². The lowest BCUT2D eigenvalue weighted by atomic mass is 9.86. The van der Waals surface area contributed by atoms with Crippen molar-refractivity contribution in [1.29, 1.82) is 0 Å². The summed E-state index contributed by atoms with van der Waals surface area (Å²) in [6, 6.07) is 7.32. The minimum Gasteiger partial charge on any atom is -0.496 e. The van der Waals surface area contributed by atoms with Crippen molar-refractivity contribution in [3.8, 4) is 5.75 Å². The Morgan fingerprint density at radius 1 is 1.24 bits per heavy atom. The van der Waals surface area contributed by atoms with Crippen molar-refractivity contribution in [2.45, 2.75) is 70.5 Å². The molecule has 8 nitrogen and oxygen atoms in total. The van der Waals surface area contributed by atoms with E-state index >= 15 is 0 Å². The highest BCUT2D eigenvalue weighted by atomic mass is 16.5. The van der Waals surface area contributed by atoms with Crippen LogP contribution in [0.25, 0.3) is 0 Å². The minimum atomic E-state index is -0.508. The van der Waals surface area contributed by atoms with Gasteiger partial charge in [0.15, 0.2) is 0 Å². The van der Waals surface area contributed by atoms with Crippen molar-refractivity contribution in [3.05, 3.63) is 58.1 Å². The molecule has 0 unspecified atom stereocenters. The Balaban J connectivity index is 1.59. The number of fused-ring (bicyclic) bond motifs is 1. The maximum atomic E-state index is 14.1. The fraction of sp³-hybridized carbons (Fsp3) is 0.500. The van der Waals surface area contributed by atoms with Crippen LogP contribution in [0.3, 0.4) is 0 Å². The summed E-state index contributed by atoms with van der Waals surface area (Å²) in [6.45, 7) is 4.25. The highest BCUT2D eigenvalue weighted by Crippen LogP contribution is 2.43. The lowest BCUT2D eigenvalue weighted by Crippen LogP contribution is -2.53. The quantitative estimate of drug-likeness (QED) is 0.706. The van der Waals surface area contributed by atoms with Gasteiger partial charge in [0.25, 0.3) is 5.91 Å². The first-order valence-electron chi connectivity index (χ1n) is 12.1. The fourth-order valence-corrected chi connectivity index (χ4v) is 5.83. The van der Waals surface area contributed by atoms with Crippen LogP contribution in [0, 0.1) is 13.8 Å². The number of hydrogen-bond acceptors (Lipinski definition) is 6. The zero-order chi connectivity index (χ0) is 23.8. The zero-order valence-electron chi connectivity index (χ0n) is 20.0. The molecule has 5 rings (SSSR count). The van der Waals surface area contributed by atoms with Crippen LogP contribution in [0.15, 0.2) is 40.1 Å². The molecule has 0 radical (unpaired) electrons. The van der Waals surface area contributed by atoms with E-state index in [1.54, 1.807) is 7.11 Å². The lowest BCUT2D eigenvalue weighted by molar-refractivity contribution is -0.137. The minimum absolute atomic E-state index is 0.000712. The predicted molar refractivity (Wildman–Crippen MR) is 126 cm³/mol. The van der Waals surface area contributed by atoms with Crippen LogP contribution in [0.1, 0.15) is 60.7 Å². The second-order valence-corrected chi connectivity index (χ2v) is 9.43. The maximum Gasteiger partial charge on any atom is 0.251 e. The molecule has 2 aliphatic heterocycles. The number of aromatic nitrogens is 1. The van der Waals surface area contributed by atoms with Crippen molar-refractivity contribution >= 4 is 11.8 Å². The van der Waals surface area contributed by atoms with Crippen LogP contribution in [-0.4, -0.2) is 47.6 Å². The smallest absolute Gasteiger partial charge is 0.251 e. The first kappa shape index (κ1) is 22.5. The summed E-state index contributed by atoms with van der Waals surface area (Å²) in [5.41, 5.74) is 4.17. The van der Waals surface area contributed by atoms with E-state index in [2.05, 4.69) is 15.8 Å². The summed E-state index contributed by atoms with van der Waals surface area (Å²) >= 11 is 0. The molecule has 34 heavy (non-hydrogen) atoms. The molecule has 180 valence electrons. The summed E-state index contributed by atoms with van der Waals surface area (Å²) in [5.74, 6) is 1.33. The van der Waals surface area contributed by atoms with E-state index in [9.17, 15) is 9.59 Å². The number of methoxy groups -OCH3 is 1. The third-order valence-electron chi connectivity index (χ3n) is 7.49. The highest BCUT2D eigenvalue weighted by Gasteiger charge is 2.46. The van der Waals surface area contributed by atoms with Crippen molar-refractivity contribution in [1.82, 2.24) is 20.7 Å². The van der Waals surface area contributed by atoms with Crippen LogP contribution in [-0.2, 0) is 16.0 Å². The molecule has 3 atom stereocenters. The normalized spacial score (nSPS) is 24.1. The Bertz CT molecular complexity index is 1120. The Morgan fingerprint density at radius 2 is 2.03 bits per heavy atom. The van der Waals surface area contributed by atoms with Gasteiger partial charge in [-0.25, -0.2) is 0 Å². The average molecular weight is 465 g/mol. The largest absolute Gasteiger partial charge is 0.496 e. The summed E-state index contributed by atoms with van der Waals surface area (Å²) in [4.78, 5) is 29.2. The SMILES string of the molecule is COc1ccccc1[C@@H]1C2=C(CNC2=O)N[C@@H]2CCCC[C@H]2N1C(=O)CCc1c(C)noc1C. The van der Waals surface area contributed by atoms with Crippen molar-refractivity contribution < 1.29 is 18.8 Å². The highest BCUT2D eigenvalue weighted by molar-refractivity contribution is 5.99. The molecule has 1 aromatic heterocycles. The van der Waals surface area contributed by atoms with Gasteiger partial charge in [-0.15, -0.1) is 0 Å². The van der Waals surface area contributed by atoms with Crippen molar-refractivity contribution in [3.63, 3.8) is 0 Å². The van der Waals surface area contributed by atoms with E-state index in [1.165, 1.54) is 0 Å². The van der Waals surface area contributed by atoms with E-state index in [-0.39, 0.29) is 23.9 Å². The molecule has 2 amide bonds. The van der Waals surface area contributed by atoms with Crippen LogP contribution in [0.5, 0.6) is 5.75 Å². The van der Waals surface area contributed by atoms with Gasteiger partial charge in [-0.1, -0.05) is 36.2 Å². The molecule has 0 saturated heterocycles. The van der Waals surface area contributed by atoms with Crippen LogP contribution in [0.2, 0.25) is 0 Å². The second kappa shape index (κ2) is 9.16. The molecule has 0 spiro atoms. The van der Waals surface area contributed by atoms with Gasteiger partial charge < -0.3 is 24.8 Å². The van der Waals surface area contributed by atoms with Gasteiger partial charge in [0.2, 0.25) is 5.91 Å². The summed E-state index contributed by atoms with van der Waals surface area (Å²) in [7, 11) is 1.63. The van der Waals surface area contributed by atoms with Gasteiger partial charge in [0, 0.05) is 29.3 Å². The monoisotopic (exact) mass is 464 g/mol. The molecule has 1 aromatic carbocycles. The van der Waals surface area contributed by atoms with Crippen LogP contribution < -0.4 is 15.4 Å². The van der Waals surface area contributed by atoms with Gasteiger partial charge >= 0.3 is 0 Å². The molecule has 2 aromatic rings. The molecular formula is C26H32N4O4. The second-order valence-electron chi connectivity index (χ2n) is 9.43. The number of carbonyl (C=O) groups excluding carboxylic acids is 2. The van der Waals surface area contributed by atoms with Crippen LogP contribution >= 0.6 is 0 Å². The number of hydrogen-bond donors (Lipinski definition) is 2. The van der Waals surface area contributed by atoms with Crippen molar-refractivity contribution in [2.75, 3.05) is 13.7 Å². The van der Waals surface area contributed by atoms with Gasteiger partial charge in [-0.05, 0) is 39.2 Å². The molecule has 1 saturated carbocycles. The van der Waals surface area contributed by atoms with E-state index in [4.69, 9.17) is 9.26 Å². The molecule has 3 aliphatic rings. The van der Waals surface area contributed by atoms with Gasteiger partial charge in [0.05, 0.1) is 37.0 Å². The van der Waals surface area contributed by atoms with E-state index in [0.717, 1.165) is 54.0 Å². The summed E-state index contributed by atoms with van der Waals surface area (Å²) < 4.78 is 11.0. The number of benzene rings is 1. The number of nitrogens with one attached hydrogen (secondary N) is 2. The Kier molecular flexibility index (Phi) is 6.06. The summed E-state index contributed by atoms with van der Waals surface area (Å²) in [6.07, 6.45) is 4.93. The molecule has 1 aliphatic carbocycles. The number of ether oxygens (including phenoxy) is 1. The Morgan fingerprint density at radius 3 is 2.79 bits per heavy atom. The number of nitrogens with zero attached hydrogens (tertiary/aromatic N) is 2. The standard InChI is InChI=1S/C26H32N4O4/c1-15-17(16(2)34-29-15)12-13-23(31)30-21-10-6-5-9-19(21)28-20-14-27-26(32)24(20)25(30)18-8-4-7-11-22(18)33-3/h4,7-8,11,19,21,25,28H,5-6,9-10,12-14H2,1-3H3,(H,27,32)/t19-,21-,25-/m1/s1. The van der Waals surface area contributed by atoms with E-state index < -0.39 is 6.04 Å². The predicted octanol–water partition coefficient (Wildman–Crippen LogP) is 3.10. The molecular weight excluding hydrogens is 432 g/mol. The summed E-state index contributed by atoms with van der Waals surface area (Å²) in [5, 5.41) is 10.7. The van der Waals surface area contributed by atoms with Gasteiger partial charge in [-0.2, -0.15) is 0 Å². The average Bonchev–Trinajstić information content (AvgIpc) is 3.31. The third-order valence-corrected chi connectivity index (χ3v) is 7.49. The number of rotatable bonds is 5. The fourth-order valence-electron chi connectivity index (χ4n) is 5.83. The van der Waals surface area contributed by atoms with E-state index in [0.29, 0.717) is 30.7 Å².